The molecule has 1 unspecified atom stereocenters. The van der Waals surface area contributed by atoms with Crippen molar-refractivity contribution in [3.05, 3.63) is 54.1 Å². The van der Waals surface area contributed by atoms with Gasteiger partial charge in [-0.1, -0.05) is 44.2 Å². The molecule has 4 nitrogen and oxygen atoms in total. The van der Waals surface area contributed by atoms with E-state index < -0.39 is 0 Å². The van der Waals surface area contributed by atoms with Crippen LogP contribution < -0.4 is 14.8 Å². The zero-order chi connectivity index (χ0) is 17.4. The van der Waals surface area contributed by atoms with Crippen LogP contribution in [0.5, 0.6) is 11.5 Å². The molecule has 0 radical (unpaired) electrons. The van der Waals surface area contributed by atoms with Gasteiger partial charge in [0.25, 0.3) is 5.91 Å². The maximum Gasteiger partial charge on any atom is 0.262 e. The van der Waals surface area contributed by atoms with Crippen molar-refractivity contribution in [3.63, 3.8) is 0 Å². The Morgan fingerprint density at radius 3 is 2.38 bits per heavy atom. The Balaban J connectivity index is 2.00. The second-order valence-electron chi connectivity index (χ2n) is 5.61. The first kappa shape index (κ1) is 17.9. The molecule has 0 heterocycles. The summed E-state index contributed by atoms with van der Waals surface area (Å²) in [5.74, 6) is 1.61. The summed E-state index contributed by atoms with van der Waals surface area (Å²) in [5, 5.41) is 2.84. The van der Waals surface area contributed by atoms with Gasteiger partial charge >= 0.3 is 0 Å². The highest BCUT2D eigenvalue weighted by Crippen LogP contribution is 2.28. The van der Waals surface area contributed by atoms with Crippen molar-refractivity contribution in [2.75, 3.05) is 18.5 Å². The number of nitrogens with one attached hydrogen (secondary N) is 1. The van der Waals surface area contributed by atoms with Crippen LogP contribution in [0.4, 0.5) is 5.69 Å². The van der Waals surface area contributed by atoms with Gasteiger partial charge in [0.15, 0.2) is 6.61 Å². The van der Waals surface area contributed by atoms with Gasteiger partial charge in [0.05, 0.1) is 12.3 Å². The Kier molecular flexibility index (Phi) is 6.67. The van der Waals surface area contributed by atoms with Crippen LogP contribution in [-0.4, -0.2) is 19.1 Å². The maximum atomic E-state index is 12.2. The van der Waals surface area contributed by atoms with Gasteiger partial charge in [-0.05, 0) is 43.0 Å². The fourth-order valence-corrected chi connectivity index (χ4v) is 2.42. The lowest BCUT2D eigenvalue weighted by molar-refractivity contribution is -0.118. The molecule has 2 rings (SSSR count). The molecule has 0 saturated heterocycles. The van der Waals surface area contributed by atoms with Crippen LogP contribution in [0.25, 0.3) is 0 Å². The molecule has 0 spiro atoms. The number of hydrogen-bond donors (Lipinski definition) is 1. The van der Waals surface area contributed by atoms with Crippen LogP contribution in [0.1, 0.15) is 38.7 Å². The molecule has 0 aliphatic carbocycles. The van der Waals surface area contributed by atoms with Crippen molar-refractivity contribution in [1.82, 2.24) is 0 Å². The highest BCUT2D eigenvalue weighted by Gasteiger charge is 2.12. The number of para-hydroxylation sites is 3. The molecule has 2 aromatic carbocycles. The second kappa shape index (κ2) is 8.96. The van der Waals surface area contributed by atoms with Crippen LogP contribution in [0.3, 0.4) is 0 Å². The van der Waals surface area contributed by atoms with E-state index in [9.17, 15) is 4.79 Å². The average Bonchev–Trinajstić information content (AvgIpc) is 2.61. The van der Waals surface area contributed by atoms with Crippen molar-refractivity contribution >= 4 is 11.6 Å². The van der Waals surface area contributed by atoms with Gasteiger partial charge in [0, 0.05) is 0 Å². The molecule has 1 atom stereocenters. The molecule has 1 amide bonds. The lowest BCUT2D eigenvalue weighted by Crippen LogP contribution is -2.21. The largest absolute Gasteiger partial charge is 0.492 e. The van der Waals surface area contributed by atoms with Gasteiger partial charge in [-0.3, -0.25) is 4.79 Å². The van der Waals surface area contributed by atoms with Crippen LogP contribution >= 0.6 is 0 Å². The summed E-state index contributed by atoms with van der Waals surface area (Å²) in [5.41, 5.74) is 1.78. The van der Waals surface area contributed by atoms with E-state index in [-0.39, 0.29) is 12.5 Å². The van der Waals surface area contributed by atoms with Crippen LogP contribution in [0.2, 0.25) is 0 Å². The standard InChI is InChI=1S/C20H25NO3/c1-4-15(3)16-10-6-8-12-18(16)24-14-20(22)21-17-11-7-9-13-19(17)23-5-2/h6-13,15H,4-5,14H2,1-3H3,(H,21,22). The topological polar surface area (TPSA) is 47.6 Å². The molecule has 24 heavy (non-hydrogen) atoms. The number of carbonyl (C=O) groups is 1. The number of rotatable bonds is 8. The Hall–Kier alpha value is -2.49. The summed E-state index contributed by atoms with van der Waals surface area (Å²) >= 11 is 0. The molecule has 1 N–H and O–H groups in total. The van der Waals surface area contributed by atoms with Crippen molar-refractivity contribution in [3.8, 4) is 11.5 Å². The highest BCUT2D eigenvalue weighted by molar-refractivity contribution is 5.93. The Labute approximate surface area is 143 Å². The van der Waals surface area contributed by atoms with Crippen molar-refractivity contribution in [1.29, 1.82) is 0 Å². The maximum absolute atomic E-state index is 12.2. The van der Waals surface area contributed by atoms with Gasteiger partial charge in [-0.15, -0.1) is 0 Å². The normalized spacial score (nSPS) is 11.6. The predicted octanol–water partition coefficient (Wildman–Crippen LogP) is 4.62. The third kappa shape index (κ3) is 4.75. The lowest BCUT2D eigenvalue weighted by atomic mass is 9.98. The summed E-state index contributed by atoms with van der Waals surface area (Å²) in [7, 11) is 0. The van der Waals surface area contributed by atoms with Gasteiger partial charge in [-0.2, -0.15) is 0 Å². The summed E-state index contributed by atoms with van der Waals surface area (Å²) in [6.07, 6.45) is 1.02. The van der Waals surface area contributed by atoms with Gasteiger partial charge < -0.3 is 14.8 Å². The van der Waals surface area contributed by atoms with E-state index in [0.29, 0.717) is 24.0 Å². The molecule has 0 aromatic heterocycles. The molecule has 0 aliphatic heterocycles. The van der Waals surface area contributed by atoms with Crippen molar-refractivity contribution < 1.29 is 14.3 Å². The first-order valence-electron chi connectivity index (χ1n) is 8.39. The van der Waals surface area contributed by atoms with Gasteiger partial charge in [-0.25, -0.2) is 0 Å². The summed E-state index contributed by atoms with van der Waals surface area (Å²) in [4.78, 5) is 12.2. The number of benzene rings is 2. The Morgan fingerprint density at radius 1 is 1.00 bits per heavy atom. The van der Waals surface area contributed by atoms with E-state index >= 15 is 0 Å². The first-order chi connectivity index (χ1) is 11.7. The summed E-state index contributed by atoms with van der Waals surface area (Å²) in [6.45, 7) is 6.71. The van der Waals surface area contributed by atoms with E-state index in [1.807, 2.05) is 55.5 Å². The summed E-state index contributed by atoms with van der Waals surface area (Å²) in [6, 6.07) is 15.2. The molecule has 0 aliphatic rings. The minimum Gasteiger partial charge on any atom is -0.492 e. The van der Waals surface area contributed by atoms with E-state index in [1.54, 1.807) is 0 Å². The number of ether oxygens (including phenoxy) is 2. The fourth-order valence-electron chi connectivity index (χ4n) is 2.42. The quantitative estimate of drug-likeness (QED) is 0.770. The first-order valence-corrected chi connectivity index (χ1v) is 8.39. The Morgan fingerprint density at radius 2 is 1.67 bits per heavy atom. The third-order valence-corrected chi connectivity index (χ3v) is 3.88. The molecule has 0 fully saturated rings. The average molecular weight is 327 g/mol. The zero-order valence-electron chi connectivity index (χ0n) is 14.5. The second-order valence-corrected chi connectivity index (χ2v) is 5.61. The molecule has 4 heteroatoms. The summed E-state index contributed by atoms with van der Waals surface area (Å²) < 4.78 is 11.3. The number of carbonyl (C=O) groups excluding carboxylic acids is 1. The van der Waals surface area contributed by atoms with E-state index in [1.165, 1.54) is 0 Å². The lowest BCUT2D eigenvalue weighted by Gasteiger charge is -2.16. The number of anilines is 1. The van der Waals surface area contributed by atoms with E-state index in [2.05, 4.69) is 19.2 Å². The highest BCUT2D eigenvalue weighted by atomic mass is 16.5. The SMILES string of the molecule is CCOc1ccccc1NC(=O)COc1ccccc1C(C)CC. The minimum atomic E-state index is -0.207. The van der Waals surface area contributed by atoms with Crippen LogP contribution in [0, 0.1) is 0 Å². The zero-order valence-corrected chi connectivity index (χ0v) is 14.5. The third-order valence-electron chi connectivity index (χ3n) is 3.88. The molecule has 0 saturated carbocycles. The molecular weight excluding hydrogens is 302 g/mol. The van der Waals surface area contributed by atoms with Gasteiger partial charge in [0.2, 0.25) is 0 Å². The van der Waals surface area contributed by atoms with Crippen molar-refractivity contribution in [2.24, 2.45) is 0 Å². The molecule has 128 valence electrons. The smallest absolute Gasteiger partial charge is 0.262 e. The fraction of sp³-hybridized carbons (Fsp3) is 0.350. The number of amides is 1. The van der Waals surface area contributed by atoms with E-state index in [4.69, 9.17) is 9.47 Å². The molecule has 0 bridgehead atoms. The molecular formula is C20H25NO3. The van der Waals surface area contributed by atoms with Crippen molar-refractivity contribution in [2.45, 2.75) is 33.1 Å². The van der Waals surface area contributed by atoms with E-state index in [0.717, 1.165) is 17.7 Å². The minimum absolute atomic E-state index is 0.0338. The van der Waals surface area contributed by atoms with Crippen LogP contribution in [-0.2, 0) is 4.79 Å². The number of hydrogen-bond acceptors (Lipinski definition) is 3. The monoisotopic (exact) mass is 327 g/mol. The van der Waals surface area contributed by atoms with Crippen LogP contribution in [0.15, 0.2) is 48.5 Å². The predicted molar refractivity (Wildman–Crippen MR) is 96.9 cm³/mol. The molecule has 2 aromatic rings. The Bertz CT molecular complexity index is 669. The van der Waals surface area contributed by atoms with Gasteiger partial charge in [0.1, 0.15) is 11.5 Å².